The van der Waals surface area contributed by atoms with E-state index in [0.29, 0.717) is 25.3 Å². The van der Waals surface area contributed by atoms with E-state index < -0.39 is 6.04 Å². The average Bonchev–Trinajstić information content (AvgIpc) is 2.83. The zero-order chi connectivity index (χ0) is 23.8. The first-order valence-electron chi connectivity index (χ1n) is 11.3. The fraction of sp³-hybridized carbons (Fsp3) is 0.440. The molecule has 0 spiro atoms. The summed E-state index contributed by atoms with van der Waals surface area (Å²) in [6, 6.07) is 14.0. The Bertz CT molecular complexity index is 927. The van der Waals surface area contributed by atoms with Crippen LogP contribution in [0, 0.1) is 5.92 Å². The number of benzene rings is 2. The van der Waals surface area contributed by atoms with Gasteiger partial charge in [0.05, 0.1) is 14.2 Å². The van der Waals surface area contributed by atoms with Gasteiger partial charge in [0.25, 0.3) is 0 Å². The van der Waals surface area contributed by atoms with Gasteiger partial charge >= 0.3 is 6.03 Å². The molecule has 178 valence electrons. The molecule has 0 bridgehead atoms. The Hall–Kier alpha value is -3.26. The molecule has 2 aromatic carbocycles. The Morgan fingerprint density at radius 3 is 2.27 bits per heavy atom. The van der Waals surface area contributed by atoms with Crippen molar-refractivity contribution in [1.29, 1.82) is 0 Å². The van der Waals surface area contributed by atoms with Crippen LogP contribution in [0.25, 0.3) is 0 Å². The number of urea groups is 1. The van der Waals surface area contributed by atoms with E-state index in [4.69, 9.17) is 9.47 Å². The number of hydrogen-bond donors (Lipinski definition) is 2. The van der Waals surface area contributed by atoms with Crippen LogP contribution in [0.5, 0.6) is 11.5 Å². The third-order valence-corrected chi connectivity index (χ3v) is 5.82. The summed E-state index contributed by atoms with van der Waals surface area (Å²) in [7, 11) is 3.31. The summed E-state index contributed by atoms with van der Waals surface area (Å²) in [4.78, 5) is 29.8. The highest BCUT2D eigenvalue weighted by molar-refractivity contribution is 5.93. The molecule has 8 heteroatoms. The number of piperazine rings is 1. The van der Waals surface area contributed by atoms with Gasteiger partial charge < -0.3 is 25.0 Å². The minimum atomic E-state index is -0.584. The molecule has 1 aliphatic rings. The van der Waals surface area contributed by atoms with Gasteiger partial charge in [-0.3, -0.25) is 9.69 Å². The quantitative estimate of drug-likeness (QED) is 0.640. The van der Waals surface area contributed by atoms with E-state index in [2.05, 4.69) is 15.5 Å². The molecule has 2 N–H and O–H groups in total. The average molecular weight is 455 g/mol. The molecule has 8 nitrogen and oxygen atoms in total. The molecule has 1 aliphatic heterocycles. The van der Waals surface area contributed by atoms with Gasteiger partial charge in [-0.15, -0.1) is 0 Å². The van der Waals surface area contributed by atoms with E-state index in [1.807, 2.05) is 67.3 Å². The monoisotopic (exact) mass is 454 g/mol. The van der Waals surface area contributed by atoms with E-state index >= 15 is 0 Å². The number of methoxy groups -OCH3 is 2. The number of carbonyl (C=O) groups excluding carboxylic acids is 2. The normalized spacial score (nSPS) is 15.1. The predicted molar refractivity (Wildman–Crippen MR) is 129 cm³/mol. The summed E-state index contributed by atoms with van der Waals surface area (Å²) in [5.41, 5.74) is 1.74. The van der Waals surface area contributed by atoms with Gasteiger partial charge in [0, 0.05) is 44.0 Å². The Kier molecular flexibility index (Phi) is 8.54. The van der Waals surface area contributed by atoms with Crippen LogP contribution in [0.4, 0.5) is 10.5 Å². The van der Waals surface area contributed by atoms with E-state index in [9.17, 15) is 9.59 Å². The molecule has 1 saturated heterocycles. The van der Waals surface area contributed by atoms with Gasteiger partial charge in [-0.1, -0.05) is 32.0 Å². The summed E-state index contributed by atoms with van der Waals surface area (Å²) in [5.74, 6) is 1.53. The summed E-state index contributed by atoms with van der Waals surface area (Å²) >= 11 is 0. The number of para-hydroxylation sites is 1. The highest BCUT2D eigenvalue weighted by Crippen LogP contribution is 2.25. The molecular weight excluding hydrogens is 420 g/mol. The second-order valence-electron chi connectivity index (χ2n) is 8.47. The molecule has 3 rings (SSSR count). The maximum atomic E-state index is 13.2. The first-order chi connectivity index (χ1) is 15.9. The van der Waals surface area contributed by atoms with Crippen molar-refractivity contribution in [3.8, 4) is 11.5 Å². The summed E-state index contributed by atoms with van der Waals surface area (Å²) in [5, 5.41) is 5.64. The molecule has 1 unspecified atom stereocenters. The Balaban J connectivity index is 1.56. The van der Waals surface area contributed by atoms with E-state index in [0.717, 1.165) is 30.2 Å². The van der Waals surface area contributed by atoms with Gasteiger partial charge in [-0.2, -0.15) is 0 Å². The van der Waals surface area contributed by atoms with Crippen molar-refractivity contribution in [3.63, 3.8) is 0 Å². The first kappa shape index (κ1) is 24.4. The lowest BCUT2D eigenvalue weighted by Gasteiger charge is -2.37. The lowest BCUT2D eigenvalue weighted by atomic mass is 10.0. The fourth-order valence-electron chi connectivity index (χ4n) is 3.91. The molecule has 0 aliphatic carbocycles. The molecule has 0 saturated carbocycles. The highest BCUT2D eigenvalue weighted by Gasteiger charge is 2.31. The fourth-order valence-corrected chi connectivity index (χ4v) is 3.91. The van der Waals surface area contributed by atoms with Gasteiger partial charge in [-0.25, -0.2) is 4.79 Å². The van der Waals surface area contributed by atoms with Gasteiger partial charge in [-0.05, 0) is 36.2 Å². The van der Waals surface area contributed by atoms with Crippen LogP contribution in [0.15, 0.2) is 48.5 Å². The van der Waals surface area contributed by atoms with Crippen molar-refractivity contribution in [2.45, 2.75) is 26.4 Å². The molecule has 2 aromatic rings. The zero-order valence-corrected chi connectivity index (χ0v) is 19.8. The molecule has 1 atom stereocenters. The summed E-state index contributed by atoms with van der Waals surface area (Å²) in [6.07, 6.45) is 0. The van der Waals surface area contributed by atoms with Crippen molar-refractivity contribution < 1.29 is 19.1 Å². The van der Waals surface area contributed by atoms with Crippen LogP contribution < -0.4 is 20.1 Å². The third kappa shape index (κ3) is 6.61. The lowest BCUT2D eigenvalue weighted by Crippen LogP contribution is -2.56. The minimum Gasteiger partial charge on any atom is -0.497 e. The number of amides is 3. The Labute approximate surface area is 195 Å². The lowest BCUT2D eigenvalue weighted by molar-refractivity contribution is -0.136. The number of nitrogens with one attached hydrogen (secondary N) is 2. The topological polar surface area (TPSA) is 83.1 Å². The van der Waals surface area contributed by atoms with E-state index in [1.165, 1.54) is 0 Å². The first-order valence-corrected chi connectivity index (χ1v) is 11.3. The molecule has 0 aromatic heterocycles. The number of nitrogens with zero attached hydrogens (tertiary/aromatic N) is 2. The van der Waals surface area contributed by atoms with Crippen LogP contribution in [0.2, 0.25) is 0 Å². The molecule has 33 heavy (non-hydrogen) atoms. The van der Waals surface area contributed by atoms with Crippen LogP contribution in [-0.4, -0.2) is 68.2 Å². The maximum Gasteiger partial charge on any atom is 0.319 e. The van der Waals surface area contributed by atoms with Crippen molar-refractivity contribution in [2.24, 2.45) is 5.92 Å². The zero-order valence-electron chi connectivity index (χ0n) is 19.8. The standard InChI is InChI=1S/C25H34N4O4/c1-18(2)23(27-25(31)26-20-8-6-5-7-9-20)24(30)29-14-12-28(13-15-29)17-19-16-21(32-3)10-11-22(19)33-4/h5-11,16,18,23H,12-15,17H2,1-4H3,(H2,26,27,31). The maximum absolute atomic E-state index is 13.2. The number of rotatable bonds is 8. The van der Waals surface area contributed by atoms with Crippen molar-refractivity contribution in [3.05, 3.63) is 54.1 Å². The number of anilines is 1. The Morgan fingerprint density at radius 1 is 0.970 bits per heavy atom. The molecule has 1 heterocycles. The SMILES string of the molecule is COc1ccc(OC)c(CN2CCN(C(=O)C(NC(=O)Nc3ccccc3)C(C)C)CC2)c1. The largest absolute Gasteiger partial charge is 0.497 e. The van der Waals surface area contributed by atoms with E-state index in [1.54, 1.807) is 14.2 Å². The van der Waals surface area contributed by atoms with Crippen LogP contribution in [0.3, 0.4) is 0 Å². The van der Waals surface area contributed by atoms with Gasteiger partial charge in [0.2, 0.25) is 5.91 Å². The highest BCUT2D eigenvalue weighted by atomic mass is 16.5. The van der Waals surface area contributed by atoms with Crippen LogP contribution in [0.1, 0.15) is 19.4 Å². The second-order valence-corrected chi connectivity index (χ2v) is 8.47. The third-order valence-electron chi connectivity index (χ3n) is 5.82. The van der Waals surface area contributed by atoms with Crippen LogP contribution >= 0.6 is 0 Å². The molecule has 1 fully saturated rings. The minimum absolute atomic E-state index is 0.0295. The smallest absolute Gasteiger partial charge is 0.319 e. The van der Waals surface area contributed by atoms with Crippen LogP contribution in [-0.2, 0) is 11.3 Å². The Morgan fingerprint density at radius 2 is 1.67 bits per heavy atom. The summed E-state index contributed by atoms with van der Waals surface area (Å²) < 4.78 is 10.8. The van der Waals surface area contributed by atoms with E-state index in [-0.39, 0.29) is 17.9 Å². The van der Waals surface area contributed by atoms with Gasteiger partial charge in [0.15, 0.2) is 0 Å². The predicted octanol–water partition coefficient (Wildman–Crippen LogP) is 3.19. The molecule has 0 radical (unpaired) electrons. The van der Waals surface area contributed by atoms with Crippen molar-refractivity contribution in [2.75, 3.05) is 45.7 Å². The molecule has 3 amide bonds. The molecular formula is C25H34N4O4. The van der Waals surface area contributed by atoms with Crippen molar-refractivity contribution >= 4 is 17.6 Å². The second kappa shape index (κ2) is 11.6. The van der Waals surface area contributed by atoms with Crippen molar-refractivity contribution in [1.82, 2.24) is 15.1 Å². The number of carbonyl (C=O) groups is 2. The number of ether oxygens (including phenoxy) is 2. The van der Waals surface area contributed by atoms with Gasteiger partial charge in [0.1, 0.15) is 17.5 Å². The number of hydrogen-bond acceptors (Lipinski definition) is 5. The summed E-state index contributed by atoms with van der Waals surface area (Å²) in [6.45, 7) is 7.30.